The normalized spacial score (nSPS) is 25.7. The molecule has 0 radical (unpaired) electrons. The third-order valence-corrected chi connectivity index (χ3v) is 6.59. The summed E-state index contributed by atoms with van der Waals surface area (Å²) in [5, 5.41) is 20.1. The molecule has 5 rings (SSSR count). The first kappa shape index (κ1) is 25.6. The molecular weight excluding hydrogens is 492 g/mol. The maximum absolute atomic E-state index is 13.0. The highest BCUT2D eigenvalue weighted by atomic mass is 16.8. The van der Waals surface area contributed by atoms with Crippen LogP contribution in [-0.2, 0) is 18.9 Å². The predicted octanol–water partition coefficient (Wildman–Crippen LogP) is 2.97. The van der Waals surface area contributed by atoms with Gasteiger partial charge >= 0.3 is 17.9 Å². The Hall–Kier alpha value is -4.05. The lowest BCUT2D eigenvalue weighted by Gasteiger charge is -2.33. The number of esters is 3. The third kappa shape index (κ3) is 5.45. The van der Waals surface area contributed by atoms with Crippen molar-refractivity contribution in [1.82, 2.24) is 0 Å². The van der Waals surface area contributed by atoms with Crippen LogP contribution < -0.4 is 0 Å². The van der Waals surface area contributed by atoms with Crippen molar-refractivity contribution in [1.29, 1.82) is 0 Å². The molecule has 9 nitrogen and oxygen atoms in total. The summed E-state index contributed by atoms with van der Waals surface area (Å²) in [5.41, 5.74) is 0.864. The van der Waals surface area contributed by atoms with Crippen LogP contribution in [0.15, 0.2) is 91.0 Å². The Kier molecular flexibility index (Phi) is 6.98. The molecule has 3 aromatic carbocycles. The molecule has 4 unspecified atom stereocenters. The molecule has 0 bridgehead atoms. The van der Waals surface area contributed by atoms with Gasteiger partial charge in [0.05, 0.1) is 16.7 Å². The van der Waals surface area contributed by atoms with Crippen LogP contribution in [-0.4, -0.2) is 58.5 Å². The van der Waals surface area contributed by atoms with Gasteiger partial charge < -0.3 is 29.2 Å². The zero-order valence-electron chi connectivity index (χ0n) is 20.4. The lowest BCUT2D eigenvalue weighted by atomic mass is 10.1. The second-order valence-electron chi connectivity index (χ2n) is 9.38. The van der Waals surface area contributed by atoms with Crippen LogP contribution in [0.25, 0.3) is 0 Å². The van der Waals surface area contributed by atoms with Gasteiger partial charge in [-0.2, -0.15) is 0 Å². The van der Waals surface area contributed by atoms with E-state index in [1.54, 1.807) is 91.0 Å². The monoisotopic (exact) mass is 518 g/mol. The highest BCUT2D eigenvalue weighted by Crippen LogP contribution is 2.58. The van der Waals surface area contributed by atoms with Gasteiger partial charge in [0.2, 0.25) is 0 Å². The Morgan fingerprint density at radius 1 is 0.553 bits per heavy atom. The van der Waals surface area contributed by atoms with Crippen molar-refractivity contribution < 1.29 is 43.5 Å². The lowest BCUT2D eigenvalue weighted by molar-refractivity contribution is -0.357. The maximum atomic E-state index is 13.0. The van der Waals surface area contributed by atoms with Crippen molar-refractivity contribution in [3.05, 3.63) is 108 Å². The zero-order chi connectivity index (χ0) is 26.9. The van der Waals surface area contributed by atoms with Gasteiger partial charge in [0.15, 0.2) is 0 Å². The number of aliphatic hydroxyl groups is 2. The van der Waals surface area contributed by atoms with E-state index in [9.17, 15) is 24.6 Å². The molecule has 196 valence electrons. The number of carbonyl (C=O) groups excluding carboxylic acids is 3. The highest BCUT2D eigenvalue weighted by molar-refractivity contribution is 5.91. The summed E-state index contributed by atoms with van der Waals surface area (Å²) in [5.74, 6) is -5.77. The van der Waals surface area contributed by atoms with Gasteiger partial charge in [0, 0.05) is 18.8 Å². The summed E-state index contributed by atoms with van der Waals surface area (Å²) in [6.45, 7) is 0.996. The van der Waals surface area contributed by atoms with Gasteiger partial charge in [-0.05, 0) is 36.4 Å². The minimum absolute atomic E-state index is 0.266. The second-order valence-corrected chi connectivity index (χ2v) is 9.38. The van der Waals surface area contributed by atoms with E-state index < -0.39 is 60.1 Å². The van der Waals surface area contributed by atoms with Gasteiger partial charge in [-0.1, -0.05) is 54.6 Å². The average Bonchev–Trinajstić information content (AvgIpc) is 3.54. The number of hydrogen-bond donors (Lipinski definition) is 2. The minimum Gasteiger partial charge on any atom is -0.458 e. The molecule has 0 saturated heterocycles. The van der Waals surface area contributed by atoms with Gasteiger partial charge in [0.1, 0.15) is 24.4 Å². The number of fused-ring (bicyclic) bond motifs is 1. The minimum atomic E-state index is -2.62. The topological polar surface area (TPSA) is 129 Å². The van der Waals surface area contributed by atoms with Crippen LogP contribution in [0.4, 0.5) is 0 Å². The van der Waals surface area contributed by atoms with Gasteiger partial charge in [-0.15, -0.1) is 0 Å². The summed E-state index contributed by atoms with van der Waals surface area (Å²) >= 11 is 0. The molecule has 0 spiro atoms. The van der Waals surface area contributed by atoms with Crippen molar-refractivity contribution >= 4 is 17.9 Å². The van der Waals surface area contributed by atoms with Crippen molar-refractivity contribution in [3.63, 3.8) is 0 Å². The smallest absolute Gasteiger partial charge is 0.338 e. The highest BCUT2D eigenvalue weighted by Gasteiger charge is 2.74. The van der Waals surface area contributed by atoms with Crippen molar-refractivity contribution in [3.8, 4) is 0 Å². The molecule has 0 heterocycles. The SMILES string of the molecule is CC(O)(O)OC1C(OC(=O)c2ccccc2)C2C(OC(=O)c3ccccc3)C2C1OC(=O)c1ccccc1. The Morgan fingerprint density at radius 2 is 0.868 bits per heavy atom. The van der Waals surface area contributed by atoms with E-state index in [-0.39, 0.29) is 11.1 Å². The maximum Gasteiger partial charge on any atom is 0.338 e. The molecule has 38 heavy (non-hydrogen) atoms. The van der Waals surface area contributed by atoms with Crippen molar-refractivity contribution in [2.75, 3.05) is 0 Å². The Bertz CT molecular complexity index is 1220. The van der Waals surface area contributed by atoms with E-state index in [0.29, 0.717) is 5.56 Å². The zero-order valence-corrected chi connectivity index (χ0v) is 20.4. The molecule has 2 aliphatic rings. The quantitative estimate of drug-likeness (QED) is 0.263. The van der Waals surface area contributed by atoms with E-state index >= 15 is 0 Å². The molecule has 0 aromatic heterocycles. The average molecular weight is 519 g/mol. The number of ether oxygens (including phenoxy) is 4. The van der Waals surface area contributed by atoms with Crippen LogP contribution >= 0.6 is 0 Å². The van der Waals surface area contributed by atoms with Crippen LogP contribution in [0.2, 0.25) is 0 Å². The lowest BCUT2D eigenvalue weighted by Crippen LogP contribution is -2.48. The molecule has 2 N–H and O–H groups in total. The van der Waals surface area contributed by atoms with E-state index in [0.717, 1.165) is 6.92 Å². The van der Waals surface area contributed by atoms with Gasteiger partial charge in [0.25, 0.3) is 5.97 Å². The Morgan fingerprint density at radius 3 is 1.18 bits per heavy atom. The molecule has 3 aromatic rings. The Labute approximate surface area is 218 Å². The second kappa shape index (κ2) is 10.4. The first-order valence-electron chi connectivity index (χ1n) is 12.1. The molecule has 2 saturated carbocycles. The number of hydrogen-bond acceptors (Lipinski definition) is 9. The van der Waals surface area contributed by atoms with Crippen LogP contribution in [0, 0.1) is 11.8 Å². The fourth-order valence-electron chi connectivity index (χ4n) is 4.90. The van der Waals surface area contributed by atoms with Crippen LogP contribution in [0.5, 0.6) is 0 Å². The molecule has 0 aliphatic heterocycles. The van der Waals surface area contributed by atoms with Gasteiger partial charge in [-0.3, -0.25) is 0 Å². The molecular formula is C29H26O9. The molecule has 9 heteroatoms. The number of benzene rings is 3. The number of carbonyl (C=O) groups is 3. The molecule has 2 fully saturated rings. The fraction of sp³-hybridized carbons (Fsp3) is 0.276. The molecule has 4 atom stereocenters. The van der Waals surface area contributed by atoms with Crippen LogP contribution in [0.3, 0.4) is 0 Å². The molecule has 0 amide bonds. The van der Waals surface area contributed by atoms with E-state index in [1.807, 2.05) is 0 Å². The van der Waals surface area contributed by atoms with Crippen molar-refractivity contribution in [2.24, 2.45) is 11.8 Å². The van der Waals surface area contributed by atoms with E-state index in [4.69, 9.17) is 18.9 Å². The predicted molar refractivity (Wildman–Crippen MR) is 132 cm³/mol. The van der Waals surface area contributed by atoms with E-state index in [2.05, 4.69) is 0 Å². The van der Waals surface area contributed by atoms with Crippen LogP contribution in [0.1, 0.15) is 38.0 Å². The summed E-state index contributed by atoms with van der Waals surface area (Å²) in [6, 6.07) is 24.8. The van der Waals surface area contributed by atoms with Gasteiger partial charge in [-0.25, -0.2) is 14.4 Å². The molecule has 2 aliphatic carbocycles. The number of rotatable bonds is 8. The Balaban J connectivity index is 1.44. The first-order valence-corrected chi connectivity index (χ1v) is 12.1. The first-order chi connectivity index (χ1) is 18.2. The fourth-order valence-corrected chi connectivity index (χ4v) is 4.90. The van der Waals surface area contributed by atoms with E-state index in [1.165, 1.54) is 0 Å². The standard InChI is InChI=1S/C29H26O9/c1-29(33,34)38-25-23(36-27(31)18-13-7-3-8-14-18)20-21(22(20)35-26(30)17-11-5-2-6-12-17)24(25)37-28(32)19-15-9-4-10-16-19/h2-16,20-25,33-34H,1H3. The summed E-state index contributed by atoms with van der Waals surface area (Å²) in [6.07, 6.45) is -4.20. The summed E-state index contributed by atoms with van der Waals surface area (Å²) in [7, 11) is 0. The third-order valence-electron chi connectivity index (χ3n) is 6.59. The summed E-state index contributed by atoms with van der Waals surface area (Å²) < 4.78 is 22.7. The summed E-state index contributed by atoms with van der Waals surface area (Å²) in [4.78, 5) is 38.7. The van der Waals surface area contributed by atoms with Crippen molar-refractivity contribution in [2.45, 2.75) is 37.3 Å². The largest absolute Gasteiger partial charge is 0.458 e.